The lowest BCUT2D eigenvalue weighted by atomic mass is 10.1. The highest BCUT2D eigenvalue weighted by atomic mass is 16.5. The van der Waals surface area contributed by atoms with Gasteiger partial charge in [-0.3, -0.25) is 9.48 Å². The number of aromatic nitrogens is 2. The molecule has 4 nitrogen and oxygen atoms in total. The van der Waals surface area contributed by atoms with Crippen molar-refractivity contribution in [2.75, 3.05) is 13.2 Å². The fraction of sp³-hybridized carbons (Fsp3) is 0.692. The number of ketones is 1. The lowest BCUT2D eigenvalue weighted by Gasteiger charge is -2.24. The van der Waals surface area contributed by atoms with Gasteiger partial charge in [0.2, 0.25) is 0 Å². The van der Waals surface area contributed by atoms with Gasteiger partial charge in [-0.15, -0.1) is 0 Å². The van der Waals surface area contributed by atoms with E-state index < -0.39 is 0 Å². The van der Waals surface area contributed by atoms with Gasteiger partial charge in [0.1, 0.15) is 0 Å². The molecule has 1 fully saturated rings. The van der Waals surface area contributed by atoms with E-state index in [1.807, 2.05) is 0 Å². The van der Waals surface area contributed by atoms with Crippen LogP contribution < -0.4 is 0 Å². The summed E-state index contributed by atoms with van der Waals surface area (Å²) in [4.78, 5) is 11.9. The normalized spacial score (nSPS) is 22.2. The maximum absolute atomic E-state index is 11.9. The van der Waals surface area contributed by atoms with Crippen LogP contribution in [0.15, 0.2) is 6.20 Å². The first-order chi connectivity index (χ1) is 8.36. The first-order valence-corrected chi connectivity index (χ1v) is 6.53. The Labute approximate surface area is 101 Å². The molecule has 0 spiro atoms. The van der Waals surface area contributed by atoms with E-state index in [-0.39, 0.29) is 5.78 Å². The molecule has 1 aromatic rings. The van der Waals surface area contributed by atoms with Crippen molar-refractivity contribution in [1.29, 1.82) is 0 Å². The summed E-state index contributed by atoms with van der Waals surface area (Å²) in [7, 11) is 0. The average molecular weight is 234 g/mol. The topological polar surface area (TPSA) is 44.1 Å². The second kappa shape index (κ2) is 4.61. The van der Waals surface area contributed by atoms with Crippen molar-refractivity contribution in [3.05, 3.63) is 17.5 Å². The second-order valence-corrected chi connectivity index (χ2v) is 4.92. The molecule has 1 aliphatic carbocycles. The lowest BCUT2D eigenvalue weighted by molar-refractivity contribution is 0.0654. The Hall–Kier alpha value is -1.16. The number of rotatable bonds is 1. The van der Waals surface area contributed by atoms with Crippen molar-refractivity contribution in [2.45, 2.75) is 44.6 Å². The van der Waals surface area contributed by atoms with Crippen molar-refractivity contribution < 1.29 is 9.53 Å². The van der Waals surface area contributed by atoms with Gasteiger partial charge in [0.25, 0.3) is 0 Å². The summed E-state index contributed by atoms with van der Waals surface area (Å²) in [5.74, 6) is 0.274. The third kappa shape index (κ3) is 2.02. The minimum absolute atomic E-state index is 0.274. The van der Waals surface area contributed by atoms with E-state index in [2.05, 4.69) is 9.78 Å². The molecular weight excluding hydrogens is 216 g/mol. The van der Waals surface area contributed by atoms with E-state index in [0.29, 0.717) is 12.5 Å². The molecular formula is C13H18N2O2. The van der Waals surface area contributed by atoms with E-state index in [4.69, 9.17) is 4.74 Å². The van der Waals surface area contributed by atoms with Crippen molar-refractivity contribution in [3.8, 4) is 0 Å². The number of hydrogen-bond acceptors (Lipinski definition) is 3. The van der Waals surface area contributed by atoms with Gasteiger partial charge >= 0.3 is 0 Å². The number of nitrogens with zero attached hydrogens (tertiary/aromatic N) is 2. The highest BCUT2D eigenvalue weighted by molar-refractivity contribution is 5.97. The quantitative estimate of drug-likeness (QED) is 0.699. The Kier molecular flexibility index (Phi) is 2.97. The zero-order chi connectivity index (χ0) is 11.7. The van der Waals surface area contributed by atoms with Gasteiger partial charge in [-0.2, -0.15) is 5.10 Å². The maximum atomic E-state index is 11.9. The summed E-state index contributed by atoms with van der Waals surface area (Å²) in [6.07, 6.45) is 7.61. The lowest BCUT2D eigenvalue weighted by Crippen LogP contribution is -2.22. The van der Waals surface area contributed by atoms with Crippen molar-refractivity contribution in [3.63, 3.8) is 0 Å². The molecule has 4 heteroatoms. The molecule has 0 atom stereocenters. The fourth-order valence-electron chi connectivity index (χ4n) is 2.83. The number of hydrogen-bond donors (Lipinski definition) is 0. The average Bonchev–Trinajstić information content (AvgIpc) is 2.71. The van der Waals surface area contributed by atoms with Gasteiger partial charge in [-0.05, 0) is 32.1 Å². The first-order valence-electron chi connectivity index (χ1n) is 6.53. The third-order valence-corrected chi connectivity index (χ3v) is 3.80. The Morgan fingerprint density at radius 2 is 2.00 bits per heavy atom. The summed E-state index contributed by atoms with van der Waals surface area (Å²) < 4.78 is 7.48. The molecule has 1 saturated heterocycles. The molecule has 0 radical (unpaired) electrons. The minimum atomic E-state index is 0.274. The monoisotopic (exact) mass is 234 g/mol. The molecule has 1 aromatic heterocycles. The zero-order valence-corrected chi connectivity index (χ0v) is 10.0. The standard InChI is InChI=1S/C13H18N2O2/c16-13-4-2-1-3-12-11(13)9-14-15(12)10-5-7-17-8-6-10/h9-10H,1-8H2. The molecule has 92 valence electrons. The Balaban J connectivity index is 1.92. The van der Waals surface area contributed by atoms with Crippen molar-refractivity contribution in [2.24, 2.45) is 0 Å². The maximum Gasteiger partial charge on any atom is 0.166 e. The zero-order valence-electron chi connectivity index (χ0n) is 10.0. The smallest absolute Gasteiger partial charge is 0.166 e. The van der Waals surface area contributed by atoms with Crippen LogP contribution in [0.5, 0.6) is 0 Å². The summed E-state index contributed by atoms with van der Waals surface area (Å²) >= 11 is 0. The van der Waals surface area contributed by atoms with Gasteiger partial charge in [0.05, 0.1) is 17.8 Å². The predicted octanol–water partition coefficient (Wildman–Crippen LogP) is 2.14. The summed E-state index contributed by atoms with van der Waals surface area (Å²) in [6.45, 7) is 1.63. The molecule has 2 aliphatic rings. The second-order valence-electron chi connectivity index (χ2n) is 4.92. The number of carbonyl (C=O) groups is 1. The van der Waals surface area contributed by atoms with Crippen LogP contribution in [0, 0.1) is 0 Å². The van der Waals surface area contributed by atoms with E-state index in [9.17, 15) is 4.79 Å². The van der Waals surface area contributed by atoms with Crippen LogP contribution in [0.4, 0.5) is 0 Å². The third-order valence-electron chi connectivity index (χ3n) is 3.80. The van der Waals surface area contributed by atoms with Crippen LogP contribution in [0.3, 0.4) is 0 Å². The number of fused-ring (bicyclic) bond motifs is 1. The minimum Gasteiger partial charge on any atom is -0.381 e. The Morgan fingerprint density at radius 1 is 1.24 bits per heavy atom. The molecule has 1 aliphatic heterocycles. The summed E-state index contributed by atoms with van der Waals surface area (Å²) in [5, 5.41) is 4.45. The van der Waals surface area contributed by atoms with Gasteiger partial charge in [-0.1, -0.05) is 0 Å². The molecule has 0 unspecified atom stereocenters. The Bertz CT molecular complexity index is 419. The van der Waals surface area contributed by atoms with Gasteiger partial charge in [-0.25, -0.2) is 0 Å². The van der Waals surface area contributed by atoms with E-state index >= 15 is 0 Å². The van der Waals surface area contributed by atoms with E-state index in [1.165, 1.54) is 5.69 Å². The molecule has 0 bridgehead atoms. The van der Waals surface area contributed by atoms with Gasteiger partial charge < -0.3 is 4.74 Å². The molecule has 0 amide bonds. The molecule has 0 N–H and O–H groups in total. The predicted molar refractivity (Wildman–Crippen MR) is 63.2 cm³/mol. The highest BCUT2D eigenvalue weighted by Crippen LogP contribution is 2.27. The van der Waals surface area contributed by atoms with E-state index in [0.717, 1.165) is 50.9 Å². The molecule has 0 aromatic carbocycles. The van der Waals surface area contributed by atoms with Crippen LogP contribution in [-0.4, -0.2) is 28.8 Å². The molecule has 2 heterocycles. The van der Waals surface area contributed by atoms with Crippen LogP contribution in [0.2, 0.25) is 0 Å². The first kappa shape index (κ1) is 11.0. The molecule has 17 heavy (non-hydrogen) atoms. The largest absolute Gasteiger partial charge is 0.381 e. The number of Topliss-reactive ketones (excluding diaryl/α,β-unsaturated/α-hetero) is 1. The molecule has 3 rings (SSSR count). The van der Waals surface area contributed by atoms with Crippen LogP contribution in [0.1, 0.15) is 54.2 Å². The number of ether oxygens (including phenoxy) is 1. The van der Waals surface area contributed by atoms with Gasteiger partial charge in [0, 0.05) is 25.3 Å². The molecule has 0 saturated carbocycles. The SMILES string of the molecule is O=C1CCCCc2c1cnn2C1CCOCC1. The summed E-state index contributed by atoms with van der Waals surface area (Å²) in [6, 6.07) is 0.429. The highest BCUT2D eigenvalue weighted by Gasteiger charge is 2.25. The van der Waals surface area contributed by atoms with Crippen molar-refractivity contribution in [1.82, 2.24) is 9.78 Å². The summed E-state index contributed by atoms with van der Waals surface area (Å²) in [5.41, 5.74) is 2.04. The van der Waals surface area contributed by atoms with Crippen LogP contribution >= 0.6 is 0 Å². The fourth-order valence-corrected chi connectivity index (χ4v) is 2.83. The Morgan fingerprint density at radius 3 is 2.82 bits per heavy atom. The van der Waals surface area contributed by atoms with Crippen LogP contribution in [-0.2, 0) is 11.2 Å². The number of carbonyl (C=O) groups excluding carboxylic acids is 1. The van der Waals surface area contributed by atoms with E-state index in [1.54, 1.807) is 6.20 Å². The van der Waals surface area contributed by atoms with Gasteiger partial charge in [0.15, 0.2) is 5.78 Å². The van der Waals surface area contributed by atoms with Crippen LogP contribution in [0.25, 0.3) is 0 Å². The van der Waals surface area contributed by atoms with Crippen molar-refractivity contribution >= 4 is 5.78 Å².